The van der Waals surface area contributed by atoms with E-state index >= 15 is 0 Å². The SMILES string of the molecule is CCNC(=O)C(O)(CC(=O)O)C(=O)O. The zero-order valence-electron chi connectivity index (χ0n) is 7.48. The molecular formula is C7H11NO6. The van der Waals surface area contributed by atoms with Crippen LogP contribution in [0, 0.1) is 0 Å². The second kappa shape index (κ2) is 4.56. The number of likely N-dealkylation sites (N-methyl/N-ethyl adjacent to an activating group) is 1. The Hall–Kier alpha value is -1.63. The smallest absolute Gasteiger partial charge is 0.346 e. The molecule has 0 fully saturated rings. The van der Waals surface area contributed by atoms with Gasteiger partial charge in [-0.2, -0.15) is 0 Å². The van der Waals surface area contributed by atoms with Crippen LogP contribution in [0.2, 0.25) is 0 Å². The molecule has 0 saturated carbocycles. The van der Waals surface area contributed by atoms with E-state index < -0.39 is 29.9 Å². The van der Waals surface area contributed by atoms with E-state index in [0.717, 1.165) is 0 Å². The standard InChI is InChI=1S/C7H11NO6/c1-2-8-5(11)7(14,6(12)13)3-4(9)10/h14H,2-3H2,1H3,(H,8,11)(H,9,10)(H,12,13). The average molecular weight is 205 g/mol. The number of carbonyl (C=O) groups is 3. The monoisotopic (exact) mass is 205 g/mol. The lowest BCUT2D eigenvalue weighted by molar-refractivity contribution is -0.171. The Morgan fingerprint density at radius 2 is 1.79 bits per heavy atom. The number of aliphatic carboxylic acids is 2. The van der Waals surface area contributed by atoms with E-state index in [0.29, 0.717) is 0 Å². The van der Waals surface area contributed by atoms with Gasteiger partial charge in [0.25, 0.3) is 11.5 Å². The van der Waals surface area contributed by atoms with E-state index in [1.54, 1.807) is 0 Å². The van der Waals surface area contributed by atoms with Crippen LogP contribution < -0.4 is 5.32 Å². The van der Waals surface area contributed by atoms with Crippen molar-refractivity contribution >= 4 is 17.8 Å². The molecule has 7 nitrogen and oxygen atoms in total. The molecule has 0 aromatic rings. The topological polar surface area (TPSA) is 124 Å². The molecule has 0 aliphatic carbocycles. The van der Waals surface area contributed by atoms with Gasteiger partial charge < -0.3 is 20.6 Å². The normalized spacial score (nSPS) is 14.1. The minimum Gasteiger partial charge on any atom is -0.481 e. The fourth-order valence-corrected chi connectivity index (χ4v) is 0.779. The number of carboxylic acids is 2. The number of carboxylic acid groups (broad SMARTS) is 2. The van der Waals surface area contributed by atoms with E-state index in [1.165, 1.54) is 6.92 Å². The molecule has 0 spiro atoms. The maximum Gasteiger partial charge on any atom is 0.346 e. The van der Waals surface area contributed by atoms with Crippen LogP contribution in [0.5, 0.6) is 0 Å². The Bertz CT molecular complexity index is 263. The van der Waals surface area contributed by atoms with Crippen LogP contribution in [-0.4, -0.2) is 45.3 Å². The predicted molar refractivity (Wildman–Crippen MR) is 43.5 cm³/mol. The Kier molecular flexibility index (Phi) is 4.03. The zero-order valence-corrected chi connectivity index (χ0v) is 7.48. The zero-order chi connectivity index (χ0) is 11.4. The molecule has 1 amide bonds. The summed E-state index contributed by atoms with van der Waals surface area (Å²) in [6.07, 6.45) is -1.17. The molecule has 14 heavy (non-hydrogen) atoms. The third kappa shape index (κ3) is 2.70. The Morgan fingerprint density at radius 1 is 1.29 bits per heavy atom. The van der Waals surface area contributed by atoms with Gasteiger partial charge in [0.1, 0.15) is 0 Å². The quantitative estimate of drug-likeness (QED) is 0.401. The van der Waals surface area contributed by atoms with E-state index in [9.17, 15) is 19.5 Å². The van der Waals surface area contributed by atoms with Crippen molar-refractivity contribution in [3.05, 3.63) is 0 Å². The number of amides is 1. The Labute approximate surface area is 79.3 Å². The maximum absolute atomic E-state index is 11.0. The van der Waals surface area contributed by atoms with Crippen molar-refractivity contribution in [2.45, 2.75) is 18.9 Å². The number of rotatable bonds is 5. The summed E-state index contributed by atoms with van der Waals surface area (Å²) in [6, 6.07) is 0. The summed E-state index contributed by atoms with van der Waals surface area (Å²) in [4.78, 5) is 31.8. The van der Waals surface area contributed by atoms with Gasteiger partial charge in [0.2, 0.25) is 0 Å². The minimum atomic E-state index is -2.90. The van der Waals surface area contributed by atoms with Crippen molar-refractivity contribution < 1.29 is 29.7 Å². The van der Waals surface area contributed by atoms with Gasteiger partial charge in [0.15, 0.2) is 0 Å². The second-order valence-electron chi connectivity index (χ2n) is 2.60. The lowest BCUT2D eigenvalue weighted by Crippen LogP contribution is -2.53. The summed E-state index contributed by atoms with van der Waals surface area (Å²) >= 11 is 0. The summed E-state index contributed by atoms with van der Waals surface area (Å²) in [7, 11) is 0. The van der Waals surface area contributed by atoms with Gasteiger partial charge in [-0.05, 0) is 6.92 Å². The molecule has 0 rings (SSSR count). The summed E-state index contributed by atoms with van der Waals surface area (Å²) in [5.41, 5.74) is -2.90. The highest BCUT2D eigenvalue weighted by Gasteiger charge is 2.46. The first-order valence-corrected chi connectivity index (χ1v) is 3.80. The number of nitrogens with one attached hydrogen (secondary N) is 1. The number of aliphatic hydroxyl groups is 1. The lowest BCUT2D eigenvalue weighted by atomic mass is 9.99. The van der Waals surface area contributed by atoms with Crippen LogP contribution >= 0.6 is 0 Å². The van der Waals surface area contributed by atoms with Crippen molar-refractivity contribution in [2.75, 3.05) is 6.54 Å². The summed E-state index contributed by atoms with van der Waals surface area (Å²) < 4.78 is 0. The van der Waals surface area contributed by atoms with E-state index in [1.807, 2.05) is 5.32 Å². The molecular weight excluding hydrogens is 194 g/mol. The highest BCUT2D eigenvalue weighted by atomic mass is 16.4. The Morgan fingerprint density at radius 3 is 2.07 bits per heavy atom. The minimum absolute atomic E-state index is 0.105. The van der Waals surface area contributed by atoms with Crippen molar-refractivity contribution in [1.82, 2.24) is 5.32 Å². The molecule has 7 heteroatoms. The van der Waals surface area contributed by atoms with Gasteiger partial charge in [0, 0.05) is 6.54 Å². The van der Waals surface area contributed by atoms with Gasteiger partial charge in [0.05, 0.1) is 6.42 Å². The maximum atomic E-state index is 11.0. The van der Waals surface area contributed by atoms with Crippen LogP contribution in [0.4, 0.5) is 0 Å². The molecule has 1 unspecified atom stereocenters. The molecule has 0 aromatic heterocycles. The molecule has 0 radical (unpaired) electrons. The van der Waals surface area contributed by atoms with Gasteiger partial charge in [-0.15, -0.1) is 0 Å². The van der Waals surface area contributed by atoms with Crippen LogP contribution in [0.15, 0.2) is 0 Å². The van der Waals surface area contributed by atoms with Crippen molar-refractivity contribution in [3.63, 3.8) is 0 Å². The fourth-order valence-electron chi connectivity index (χ4n) is 0.779. The van der Waals surface area contributed by atoms with Crippen LogP contribution in [0.25, 0.3) is 0 Å². The summed E-state index contributed by atoms with van der Waals surface area (Å²) in [5.74, 6) is -4.68. The third-order valence-corrected chi connectivity index (χ3v) is 1.47. The number of hydrogen-bond donors (Lipinski definition) is 4. The molecule has 0 heterocycles. The Balaban J connectivity index is 4.80. The van der Waals surface area contributed by atoms with Gasteiger partial charge in [-0.25, -0.2) is 4.79 Å². The molecule has 0 bridgehead atoms. The van der Waals surface area contributed by atoms with E-state index in [4.69, 9.17) is 10.2 Å². The fraction of sp³-hybridized carbons (Fsp3) is 0.571. The second-order valence-corrected chi connectivity index (χ2v) is 2.60. The highest BCUT2D eigenvalue weighted by molar-refractivity contribution is 6.07. The van der Waals surface area contributed by atoms with Crippen molar-refractivity contribution in [1.29, 1.82) is 0 Å². The van der Waals surface area contributed by atoms with Crippen molar-refractivity contribution in [2.24, 2.45) is 0 Å². The lowest BCUT2D eigenvalue weighted by Gasteiger charge is -2.19. The third-order valence-electron chi connectivity index (χ3n) is 1.47. The van der Waals surface area contributed by atoms with Gasteiger partial charge in [-0.1, -0.05) is 0 Å². The first-order valence-electron chi connectivity index (χ1n) is 3.80. The molecule has 0 aliphatic heterocycles. The number of carbonyl (C=O) groups excluding carboxylic acids is 1. The average Bonchev–Trinajstić information content (AvgIpc) is 2.02. The first-order chi connectivity index (χ1) is 6.34. The molecule has 0 saturated heterocycles. The largest absolute Gasteiger partial charge is 0.481 e. The summed E-state index contributed by atoms with van der Waals surface area (Å²) in [6.45, 7) is 1.62. The molecule has 80 valence electrons. The molecule has 0 aromatic carbocycles. The van der Waals surface area contributed by atoms with Gasteiger partial charge in [-0.3, -0.25) is 9.59 Å². The van der Waals surface area contributed by atoms with E-state index in [-0.39, 0.29) is 6.54 Å². The van der Waals surface area contributed by atoms with E-state index in [2.05, 4.69) is 0 Å². The molecule has 4 N–H and O–H groups in total. The van der Waals surface area contributed by atoms with Crippen LogP contribution in [-0.2, 0) is 14.4 Å². The van der Waals surface area contributed by atoms with Gasteiger partial charge >= 0.3 is 11.9 Å². The van der Waals surface area contributed by atoms with Crippen LogP contribution in [0.1, 0.15) is 13.3 Å². The first kappa shape index (κ1) is 12.4. The molecule has 0 aliphatic rings. The highest BCUT2D eigenvalue weighted by Crippen LogP contribution is 2.11. The molecule has 1 atom stereocenters. The number of hydrogen-bond acceptors (Lipinski definition) is 4. The predicted octanol–water partition coefficient (Wildman–Crippen LogP) is -1.59. The van der Waals surface area contributed by atoms with Crippen LogP contribution in [0.3, 0.4) is 0 Å². The van der Waals surface area contributed by atoms with Crippen molar-refractivity contribution in [3.8, 4) is 0 Å². The summed E-state index contributed by atoms with van der Waals surface area (Å²) in [5, 5.41) is 28.1.